The summed E-state index contributed by atoms with van der Waals surface area (Å²) in [6.45, 7) is 2.72. The Morgan fingerprint density at radius 1 is 0.844 bits per heavy atom. The molecule has 0 unspecified atom stereocenters. The van der Waals surface area contributed by atoms with E-state index in [2.05, 4.69) is 16.0 Å². The molecule has 3 aromatic rings. The van der Waals surface area contributed by atoms with Crippen LogP contribution in [0.1, 0.15) is 48.9 Å². The minimum atomic E-state index is -0.966. The van der Waals surface area contributed by atoms with Crippen LogP contribution in [0.15, 0.2) is 91.0 Å². The molecule has 45 heavy (non-hydrogen) atoms. The highest BCUT2D eigenvalue weighted by molar-refractivity contribution is 5.94. The van der Waals surface area contributed by atoms with Gasteiger partial charge in [0.25, 0.3) is 0 Å². The summed E-state index contributed by atoms with van der Waals surface area (Å²) < 4.78 is 0. The standard InChI is InChI=1S/C36H43N5O4/c1-25(23-37-2)34(43)38-30-24-40(32(42)22-26-12-6-3-7-13-26)21-20-29-18-19-31(41(29)36(30)45)35(44)39-33(27-14-8-4-9-15-27)28-16-10-5-11-17-28/h3-17,25,29-31,33,37H,18-24H2,1-2H3,(H,38,43)(H,39,44)/t25-,29-,30+,31+/m1/s1. The van der Waals surface area contributed by atoms with Gasteiger partial charge in [0.2, 0.25) is 23.6 Å². The number of rotatable bonds is 10. The summed E-state index contributed by atoms with van der Waals surface area (Å²) >= 11 is 0. The van der Waals surface area contributed by atoms with E-state index in [1.807, 2.05) is 91.0 Å². The molecular formula is C36H43N5O4. The Balaban J connectivity index is 1.39. The van der Waals surface area contributed by atoms with E-state index in [0.29, 0.717) is 32.4 Å². The van der Waals surface area contributed by atoms with Crippen LogP contribution in [-0.4, -0.2) is 78.2 Å². The summed E-state index contributed by atoms with van der Waals surface area (Å²) in [5, 5.41) is 9.18. The van der Waals surface area contributed by atoms with E-state index in [1.54, 1.807) is 23.8 Å². The first-order valence-corrected chi connectivity index (χ1v) is 15.8. The van der Waals surface area contributed by atoms with Gasteiger partial charge in [0.15, 0.2) is 0 Å². The van der Waals surface area contributed by atoms with Crippen LogP contribution in [0.25, 0.3) is 0 Å². The molecule has 0 saturated carbocycles. The van der Waals surface area contributed by atoms with Crippen molar-refractivity contribution in [2.75, 3.05) is 26.7 Å². The van der Waals surface area contributed by atoms with Gasteiger partial charge in [-0.3, -0.25) is 19.2 Å². The first-order chi connectivity index (χ1) is 21.9. The Morgan fingerprint density at radius 3 is 2.04 bits per heavy atom. The number of nitrogens with zero attached hydrogens (tertiary/aromatic N) is 2. The van der Waals surface area contributed by atoms with Crippen molar-refractivity contribution in [2.45, 2.75) is 56.8 Å². The Morgan fingerprint density at radius 2 is 1.44 bits per heavy atom. The number of hydrogen-bond donors (Lipinski definition) is 3. The lowest BCUT2D eigenvalue weighted by Crippen LogP contribution is -2.61. The molecular weight excluding hydrogens is 566 g/mol. The molecule has 2 aliphatic heterocycles. The lowest BCUT2D eigenvalue weighted by Gasteiger charge is -2.39. The van der Waals surface area contributed by atoms with E-state index >= 15 is 0 Å². The fourth-order valence-electron chi connectivity index (χ4n) is 6.45. The van der Waals surface area contributed by atoms with Crippen LogP contribution >= 0.6 is 0 Å². The highest BCUT2D eigenvalue weighted by atomic mass is 16.2. The zero-order chi connectivity index (χ0) is 31.8. The first kappa shape index (κ1) is 31.9. The monoisotopic (exact) mass is 609 g/mol. The average molecular weight is 610 g/mol. The van der Waals surface area contributed by atoms with Gasteiger partial charge in [-0.2, -0.15) is 0 Å². The van der Waals surface area contributed by atoms with Gasteiger partial charge in [-0.05, 0) is 43.0 Å². The molecule has 0 bridgehead atoms. The van der Waals surface area contributed by atoms with Gasteiger partial charge in [0, 0.05) is 31.6 Å². The second kappa shape index (κ2) is 15.0. The molecule has 2 aliphatic rings. The molecule has 3 N–H and O–H groups in total. The predicted molar refractivity (Wildman–Crippen MR) is 173 cm³/mol. The molecule has 9 heteroatoms. The summed E-state index contributed by atoms with van der Waals surface area (Å²) in [6.07, 6.45) is 1.93. The number of fused-ring (bicyclic) bond motifs is 1. The largest absolute Gasteiger partial charge is 0.343 e. The zero-order valence-corrected chi connectivity index (χ0v) is 26.0. The van der Waals surface area contributed by atoms with Crippen molar-refractivity contribution in [3.8, 4) is 0 Å². The smallest absolute Gasteiger partial charge is 0.247 e. The molecule has 236 valence electrons. The summed E-state index contributed by atoms with van der Waals surface area (Å²) in [4.78, 5) is 58.4. The number of nitrogens with one attached hydrogen (secondary N) is 3. The molecule has 0 aliphatic carbocycles. The molecule has 3 aromatic carbocycles. The summed E-state index contributed by atoms with van der Waals surface area (Å²) in [6, 6.07) is 26.8. The fraction of sp³-hybridized carbons (Fsp3) is 0.389. The lowest BCUT2D eigenvalue weighted by molar-refractivity contribution is -0.147. The Hall–Kier alpha value is -4.50. The van der Waals surface area contributed by atoms with Gasteiger partial charge in [0.05, 0.1) is 12.5 Å². The molecule has 0 radical (unpaired) electrons. The van der Waals surface area contributed by atoms with E-state index in [9.17, 15) is 19.2 Å². The van der Waals surface area contributed by atoms with Crippen molar-refractivity contribution >= 4 is 23.6 Å². The van der Waals surface area contributed by atoms with E-state index < -0.39 is 12.1 Å². The second-order valence-corrected chi connectivity index (χ2v) is 12.1. The number of amides is 4. The number of hydrogen-bond acceptors (Lipinski definition) is 5. The number of benzene rings is 3. The highest BCUT2D eigenvalue weighted by Gasteiger charge is 2.46. The molecule has 2 fully saturated rings. The van der Waals surface area contributed by atoms with Crippen LogP contribution in [0.5, 0.6) is 0 Å². The van der Waals surface area contributed by atoms with Crippen LogP contribution in [0.4, 0.5) is 0 Å². The highest BCUT2D eigenvalue weighted by Crippen LogP contribution is 2.31. The van der Waals surface area contributed by atoms with E-state index in [0.717, 1.165) is 16.7 Å². The first-order valence-electron chi connectivity index (χ1n) is 15.8. The van der Waals surface area contributed by atoms with Crippen molar-refractivity contribution < 1.29 is 19.2 Å². The third-order valence-electron chi connectivity index (χ3n) is 8.87. The van der Waals surface area contributed by atoms with Gasteiger partial charge < -0.3 is 25.8 Å². The van der Waals surface area contributed by atoms with Gasteiger partial charge in [0.1, 0.15) is 12.1 Å². The van der Waals surface area contributed by atoms with Crippen LogP contribution in [0.2, 0.25) is 0 Å². The second-order valence-electron chi connectivity index (χ2n) is 12.1. The minimum Gasteiger partial charge on any atom is -0.343 e. The topological polar surface area (TPSA) is 111 Å². The van der Waals surface area contributed by atoms with Gasteiger partial charge >= 0.3 is 0 Å². The number of carbonyl (C=O) groups excluding carboxylic acids is 4. The van der Waals surface area contributed by atoms with Crippen LogP contribution in [-0.2, 0) is 25.6 Å². The lowest BCUT2D eigenvalue weighted by atomic mass is 9.98. The average Bonchev–Trinajstić information content (AvgIpc) is 3.48. The van der Waals surface area contributed by atoms with Crippen LogP contribution in [0.3, 0.4) is 0 Å². The fourth-order valence-corrected chi connectivity index (χ4v) is 6.45. The van der Waals surface area contributed by atoms with Crippen molar-refractivity contribution in [1.29, 1.82) is 0 Å². The van der Waals surface area contributed by atoms with E-state index in [-0.39, 0.29) is 54.6 Å². The Bertz CT molecular complexity index is 1410. The normalized spacial score (nSPS) is 20.6. The van der Waals surface area contributed by atoms with Gasteiger partial charge in [-0.15, -0.1) is 0 Å². The molecule has 2 saturated heterocycles. The maximum absolute atomic E-state index is 14.3. The third-order valence-corrected chi connectivity index (χ3v) is 8.87. The van der Waals surface area contributed by atoms with Crippen molar-refractivity contribution in [3.05, 3.63) is 108 Å². The Labute approximate surface area is 265 Å². The quantitative estimate of drug-likeness (QED) is 0.327. The zero-order valence-electron chi connectivity index (χ0n) is 26.0. The SMILES string of the molecule is CNC[C@@H](C)C(=O)N[C@H]1CN(C(=O)Cc2ccccc2)CC[C@H]2CC[C@@H](C(=O)NC(c3ccccc3)c3ccccc3)N2C1=O. The maximum atomic E-state index is 14.3. The summed E-state index contributed by atoms with van der Waals surface area (Å²) in [7, 11) is 1.77. The van der Waals surface area contributed by atoms with E-state index in [4.69, 9.17) is 0 Å². The van der Waals surface area contributed by atoms with Gasteiger partial charge in [-0.1, -0.05) is 97.9 Å². The van der Waals surface area contributed by atoms with Crippen molar-refractivity contribution in [3.63, 3.8) is 0 Å². The van der Waals surface area contributed by atoms with Crippen LogP contribution in [0, 0.1) is 5.92 Å². The van der Waals surface area contributed by atoms with Crippen LogP contribution < -0.4 is 16.0 Å². The molecule has 4 atom stereocenters. The van der Waals surface area contributed by atoms with E-state index in [1.165, 1.54) is 0 Å². The maximum Gasteiger partial charge on any atom is 0.247 e. The minimum absolute atomic E-state index is 0.0523. The molecule has 0 spiro atoms. The third kappa shape index (κ3) is 7.78. The Kier molecular flexibility index (Phi) is 10.6. The van der Waals surface area contributed by atoms with Crippen molar-refractivity contribution in [1.82, 2.24) is 25.8 Å². The molecule has 0 aromatic heterocycles. The van der Waals surface area contributed by atoms with Gasteiger partial charge in [-0.25, -0.2) is 0 Å². The number of carbonyl (C=O) groups is 4. The molecule has 2 heterocycles. The molecule has 9 nitrogen and oxygen atoms in total. The predicted octanol–water partition coefficient (Wildman–Crippen LogP) is 3.07. The molecule has 5 rings (SSSR count). The van der Waals surface area contributed by atoms with Crippen molar-refractivity contribution in [2.24, 2.45) is 5.92 Å². The summed E-state index contributed by atoms with van der Waals surface area (Å²) in [5.74, 6) is -1.30. The molecule has 4 amide bonds. The summed E-state index contributed by atoms with van der Waals surface area (Å²) in [5.41, 5.74) is 2.79.